The zero-order chi connectivity index (χ0) is 24.0. The average molecular weight is 464 g/mol. The Balaban J connectivity index is 1.75. The summed E-state index contributed by atoms with van der Waals surface area (Å²) in [7, 11) is 0. The molecule has 33 heavy (non-hydrogen) atoms. The highest BCUT2D eigenvalue weighted by Crippen LogP contribution is 2.43. The van der Waals surface area contributed by atoms with Gasteiger partial charge in [-0.2, -0.15) is 0 Å². The minimum Gasteiger partial charge on any atom is -0.504 e. The standard InChI is InChI=1S/C21H20O12/c22-6-14-16(27)18(29)19(30)21(32-14)33-20-11(26)5-13-15(17(20)28)10(25)4-12(31-13)7-1-2-8(23)9(24)3-7/h1-5,14,16,18-19,21-24,26-30H,6H2/t14-,16-,18+,19-,21?/m1/s1. The smallest absolute Gasteiger partial charge is 0.229 e. The highest BCUT2D eigenvalue weighted by molar-refractivity contribution is 5.89. The predicted octanol–water partition coefficient (Wildman–Crippen LogP) is -0.539. The number of aliphatic hydroxyl groups excluding tert-OH is 4. The van der Waals surface area contributed by atoms with Crippen molar-refractivity contribution in [1.82, 2.24) is 0 Å². The van der Waals surface area contributed by atoms with E-state index in [9.17, 15) is 45.6 Å². The second kappa shape index (κ2) is 8.42. The van der Waals surface area contributed by atoms with Gasteiger partial charge in [-0.1, -0.05) is 0 Å². The number of phenols is 4. The van der Waals surface area contributed by atoms with Crippen molar-refractivity contribution in [1.29, 1.82) is 0 Å². The Morgan fingerprint density at radius 2 is 1.61 bits per heavy atom. The summed E-state index contributed by atoms with van der Waals surface area (Å²) in [6.07, 6.45) is -8.25. The van der Waals surface area contributed by atoms with Crippen LogP contribution in [0.25, 0.3) is 22.3 Å². The Bertz CT molecular complexity index is 1250. The molecule has 2 aromatic carbocycles. The quantitative estimate of drug-likeness (QED) is 0.229. The molecule has 0 bridgehead atoms. The van der Waals surface area contributed by atoms with Gasteiger partial charge in [-0.15, -0.1) is 0 Å². The zero-order valence-electron chi connectivity index (χ0n) is 16.7. The van der Waals surface area contributed by atoms with E-state index in [4.69, 9.17) is 13.9 Å². The van der Waals surface area contributed by atoms with Crippen molar-refractivity contribution in [3.05, 3.63) is 40.6 Å². The molecule has 12 nitrogen and oxygen atoms in total. The summed E-state index contributed by atoms with van der Waals surface area (Å²) in [5.74, 6) is -3.11. The van der Waals surface area contributed by atoms with Gasteiger partial charge < -0.3 is 54.7 Å². The normalized spacial score (nSPS) is 25.3. The lowest BCUT2D eigenvalue weighted by Crippen LogP contribution is -2.60. The van der Waals surface area contributed by atoms with Gasteiger partial charge in [0.05, 0.1) is 6.61 Å². The Labute approximate surface area is 184 Å². The van der Waals surface area contributed by atoms with Gasteiger partial charge in [-0.3, -0.25) is 4.79 Å². The van der Waals surface area contributed by atoms with Crippen LogP contribution in [0.3, 0.4) is 0 Å². The van der Waals surface area contributed by atoms with Crippen molar-refractivity contribution in [2.45, 2.75) is 30.7 Å². The molecule has 1 aliphatic heterocycles. The number of fused-ring (bicyclic) bond motifs is 1. The van der Waals surface area contributed by atoms with Crippen molar-refractivity contribution in [3.63, 3.8) is 0 Å². The third-order valence-electron chi connectivity index (χ3n) is 5.27. The molecular formula is C21H20O12. The Morgan fingerprint density at radius 1 is 0.879 bits per heavy atom. The molecule has 0 saturated carbocycles. The Hall–Kier alpha value is -3.55. The maximum Gasteiger partial charge on any atom is 0.229 e. The lowest BCUT2D eigenvalue weighted by molar-refractivity contribution is -0.277. The van der Waals surface area contributed by atoms with Crippen LogP contribution >= 0.6 is 0 Å². The molecule has 8 N–H and O–H groups in total. The topological polar surface area (TPSA) is 211 Å². The summed E-state index contributed by atoms with van der Waals surface area (Å²) < 4.78 is 16.0. The highest BCUT2D eigenvalue weighted by Gasteiger charge is 2.45. The third kappa shape index (κ3) is 3.90. The van der Waals surface area contributed by atoms with Gasteiger partial charge in [-0.05, 0) is 18.2 Å². The van der Waals surface area contributed by atoms with Gasteiger partial charge in [-0.25, -0.2) is 0 Å². The second-order valence-corrected chi connectivity index (χ2v) is 7.44. The van der Waals surface area contributed by atoms with Crippen LogP contribution in [0.15, 0.2) is 39.5 Å². The van der Waals surface area contributed by atoms with Crippen LogP contribution in [0.1, 0.15) is 0 Å². The number of benzene rings is 2. The van der Waals surface area contributed by atoms with E-state index >= 15 is 0 Å². The molecule has 0 amide bonds. The summed E-state index contributed by atoms with van der Waals surface area (Å²) in [4.78, 5) is 12.7. The van der Waals surface area contributed by atoms with Crippen molar-refractivity contribution >= 4 is 11.0 Å². The molecule has 4 rings (SSSR count). The lowest BCUT2D eigenvalue weighted by atomic mass is 9.99. The monoisotopic (exact) mass is 464 g/mol. The molecule has 0 radical (unpaired) electrons. The first-order valence-electron chi connectivity index (χ1n) is 9.64. The van der Waals surface area contributed by atoms with Gasteiger partial charge in [0, 0.05) is 17.7 Å². The largest absolute Gasteiger partial charge is 0.504 e. The van der Waals surface area contributed by atoms with Crippen LogP contribution in [0.4, 0.5) is 0 Å². The fourth-order valence-electron chi connectivity index (χ4n) is 3.49. The van der Waals surface area contributed by atoms with Gasteiger partial charge >= 0.3 is 0 Å². The summed E-state index contributed by atoms with van der Waals surface area (Å²) >= 11 is 0. The van der Waals surface area contributed by atoms with Gasteiger partial charge in [0.2, 0.25) is 12.0 Å². The first-order chi connectivity index (χ1) is 15.6. The number of rotatable bonds is 4. The number of ether oxygens (including phenoxy) is 2. The molecule has 2 heterocycles. The molecule has 1 aliphatic rings. The molecular weight excluding hydrogens is 444 g/mol. The van der Waals surface area contributed by atoms with Crippen molar-refractivity contribution < 1.29 is 54.7 Å². The van der Waals surface area contributed by atoms with Gasteiger partial charge in [0.1, 0.15) is 41.1 Å². The van der Waals surface area contributed by atoms with Gasteiger partial charge in [0.15, 0.2) is 28.4 Å². The van der Waals surface area contributed by atoms with E-state index < -0.39 is 65.7 Å². The van der Waals surface area contributed by atoms with Crippen LogP contribution in [-0.2, 0) is 4.74 Å². The molecule has 5 atom stereocenters. The first-order valence-corrected chi connectivity index (χ1v) is 9.64. The van der Waals surface area contributed by atoms with E-state index in [2.05, 4.69) is 0 Å². The molecule has 0 spiro atoms. The zero-order valence-corrected chi connectivity index (χ0v) is 16.7. The van der Waals surface area contributed by atoms with Crippen LogP contribution in [0.5, 0.6) is 28.7 Å². The fourth-order valence-corrected chi connectivity index (χ4v) is 3.49. The third-order valence-corrected chi connectivity index (χ3v) is 5.27. The molecule has 176 valence electrons. The summed E-state index contributed by atoms with van der Waals surface area (Å²) in [5.41, 5.74) is -0.777. The molecule has 0 aliphatic carbocycles. The van der Waals surface area contributed by atoms with Crippen LogP contribution < -0.4 is 10.2 Å². The number of aliphatic hydroxyl groups is 4. The number of hydrogen-bond donors (Lipinski definition) is 8. The second-order valence-electron chi connectivity index (χ2n) is 7.44. The SMILES string of the molecule is O=c1cc(-c2ccc(O)c(O)c2)oc2cc(O)c(OC3O[C@H](CO)[C@@H](O)[C@H](O)[C@H]3O)c(O)c12. The van der Waals surface area contributed by atoms with Crippen molar-refractivity contribution in [3.8, 4) is 40.1 Å². The van der Waals surface area contributed by atoms with Gasteiger partial charge in [0.25, 0.3) is 0 Å². The van der Waals surface area contributed by atoms with Crippen LogP contribution in [-0.4, -0.2) is 78.2 Å². The van der Waals surface area contributed by atoms with Crippen molar-refractivity contribution in [2.24, 2.45) is 0 Å². The summed E-state index contributed by atoms with van der Waals surface area (Å²) in [6, 6.07) is 5.66. The summed E-state index contributed by atoms with van der Waals surface area (Å²) in [5, 5.41) is 78.8. The summed E-state index contributed by atoms with van der Waals surface area (Å²) in [6.45, 7) is -0.723. The molecule has 1 unspecified atom stereocenters. The van der Waals surface area contributed by atoms with Crippen LogP contribution in [0, 0.1) is 0 Å². The Morgan fingerprint density at radius 3 is 2.27 bits per heavy atom. The average Bonchev–Trinajstić information content (AvgIpc) is 2.77. The minimum atomic E-state index is -1.82. The maximum atomic E-state index is 12.7. The van der Waals surface area contributed by atoms with E-state index in [0.29, 0.717) is 0 Å². The highest BCUT2D eigenvalue weighted by atomic mass is 16.7. The van der Waals surface area contributed by atoms with E-state index in [1.54, 1.807) is 0 Å². The van der Waals surface area contributed by atoms with E-state index in [-0.39, 0.29) is 28.0 Å². The van der Waals surface area contributed by atoms with Crippen molar-refractivity contribution in [2.75, 3.05) is 6.61 Å². The minimum absolute atomic E-state index is 0.0378. The predicted molar refractivity (Wildman–Crippen MR) is 109 cm³/mol. The number of hydrogen-bond acceptors (Lipinski definition) is 12. The number of phenolic OH excluding ortho intramolecular Hbond substituents is 4. The Kier molecular flexibility index (Phi) is 5.78. The fraction of sp³-hybridized carbons (Fsp3) is 0.286. The van der Waals surface area contributed by atoms with Crippen LogP contribution in [0.2, 0.25) is 0 Å². The number of aromatic hydroxyl groups is 4. The van der Waals surface area contributed by atoms with E-state index in [1.165, 1.54) is 12.1 Å². The van der Waals surface area contributed by atoms with E-state index in [1.807, 2.05) is 0 Å². The lowest BCUT2D eigenvalue weighted by Gasteiger charge is -2.39. The molecule has 1 saturated heterocycles. The molecule has 12 heteroatoms. The molecule has 1 aromatic heterocycles. The molecule has 3 aromatic rings. The molecule has 1 fully saturated rings. The maximum absolute atomic E-state index is 12.7. The van der Waals surface area contributed by atoms with E-state index in [0.717, 1.165) is 18.2 Å². The first kappa shape index (κ1) is 22.6.